The maximum Gasteiger partial charge on any atom is 0.303 e. The number of benzene rings is 1. The summed E-state index contributed by atoms with van der Waals surface area (Å²) in [6.45, 7) is 5.22. The molecule has 0 aliphatic heterocycles. The Morgan fingerprint density at radius 3 is 2.81 bits per heavy atom. The number of aliphatic carboxylic acids is 1. The van der Waals surface area contributed by atoms with E-state index in [0.717, 1.165) is 35.6 Å². The van der Waals surface area contributed by atoms with Crippen molar-refractivity contribution in [1.29, 1.82) is 0 Å². The number of nitrogens with zero attached hydrogens (tertiary/aromatic N) is 2. The van der Waals surface area contributed by atoms with Crippen molar-refractivity contribution in [2.45, 2.75) is 39.7 Å². The molecule has 5 heteroatoms. The van der Waals surface area contributed by atoms with Crippen molar-refractivity contribution in [2.75, 3.05) is 7.11 Å². The Morgan fingerprint density at radius 1 is 1.43 bits per heavy atom. The van der Waals surface area contributed by atoms with Crippen molar-refractivity contribution < 1.29 is 14.6 Å². The minimum atomic E-state index is -0.796. The lowest BCUT2D eigenvalue weighted by atomic mass is 10.1. The zero-order valence-electron chi connectivity index (χ0n) is 12.8. The van der Waals surface area contributed by atoms with Crippen LogP contribution >= 0.6 is 0 Å². The van der Waals surface area contributed by atoms with Gasteiger partial charge in [-0.25, -0.2) is 4.98 Å². The van der Waals surface area contributed by atoms with Gasteiger partial charge >= 0.3 is 5.97 Å². The molecule has 1 heterocycles. The van der Waals surface area contributed by atoms with Crippen LogP contribution in [-0.4, -0.2) is 27.7 Å². The molecule has 0 saturated carbocycles. The van der Waals surface area contributed by atoms with E-state index >= 15 is 0 Å². The second kappa shape index (κ2) is 6.61. The van der Waals surface area contributed by atoms with Gasteiger partial charge < -0.3 is 14.4 Å². The maximum absolute atomic E-state index is 10.8. The van der Waals surface area contributed by atoms with Crippen LogP contribution in [0.5, 0.6) is 5.75 Å². The lowest BCUT2D eigenvalue weighted by molar-refractivity contribution is -0.137. The number of carboxylic acids is 1. The Kier molecular flexibility index (Phi) is 4.83. The molecule has 1 aromatic heterocycles. The van der Waals surface area contributed by atoms with Crippen LogP contribution in [-0.2, 0) is 17.8 Å². The summed E-state index contributed by atoms with van der Waals surface area (Å²) in [6.07, 6.45) is 1.59. The Balaban J connectivity index is 2.37. The van der Waals surface area contributed by atoms with Crippen molar-refractivity contribution in [3.63, 3.8) is 0 Å². The summed E-state index contributed by atoms with van der Waals surface area (Å²) >= 11 is 0. The summed E-state index contributed by atoms with van der Waals surface area (Å²) in [5, 5.41) is 8.88. The number of carboxylic acid groups (broad SMARTS) is 1. The molecule has 0 spiro atoms. The van der Waals surface area contributed by atoms with Crippen molar-refractivity contribution in [3.8, 4) is 5.75 Å². The molecule has 0 atom stereocenters. The molecule has 1 N–H and O–H groups in total. The van der Waals surface area contributed by atoms with Gasteiger partial charge in [0.15, 0.2) is 0 Å². The van der Waals surface area contributed by atoms with Crippen LogP contribution in [0.4, 0.5) is 0 Å². The highest BCUT2D eigenvalue weighted by Gasteiger charge is 2.13. The minimum Gasteiger partial charge on any atom is -0.497 e. The van der Waals surface area contributed by atoms with Crippen molar-refractivity contribution in [1.82, 2.24) is 9.55 Å². The molecule has 1 aromatic carbocycles. The third-order valence-corrected chi connectivity index (χ3v) is 3.53. The van der Waals surface area contributed by atoms with Gasteiger partial charge in [0.1, 0.15) is 11.6 Å². The largest absolute Gasteiger partial charge is 0.497 e. The SMILES string of the molecule is COc1ccc2c(c1)nc(CCC(=O)O)n2CCC(C)C. The van der Waals surface area contributed by atoms with Gasteiger partial charge in [-0.3, -0.25) is 4.79 Å². The molecule has 21 heavy (non-hydrogen) atoms. The molecule has 0 amide bonds. The third-order valence-electron chi connectivity index (χ3n) is 3.53. The molecule has 0 fully saturated rings. The number of fused-ring (bicyclic) bond motifs is 1. The van der Waals surface area contributed by atoms with E-state index in [4.69, 9.17) is 9.84 Å². The molecular weight excluding hydrogens is 268 g/mol. The number of hydrogen-bond acceptors (Lipinski definition) is 3. The zero-order valence-corrected chi connectivity index (χ0v) is 12.8. The van der Waals surface area contributed by atoms with Crippen molar-refractivity contribution >= 4 is 17.0 Å². The van der Waals surface area contributed by atoms with E-state index in [1.807, 2.05) is 18.2 Å². The fourth-order valence-corrected chi connectivity index (χ4v) is 2.33. The number of aryl methyl sites for hydroxylation is 2. The summed E-state index contributed by atoms with van der Waals surface area (Å²) in [5.41, 5.74) is 1.90. The van der Waals surface area contributed by atoms with Gasteiger partial charge in [0, 0.05) is 19.0 Å². The first-order chi connectivity index (χ1) is 10.0. The van der Waals surface area contributed by atoms with Crippen LogP contribution in [0.2, 0.25) is 0 Å². The summed E-state index contributed by atoms with van der Waals surface area (Å²) in [7, 11) is 1.63. The van der Waals surface area contributed by atoms with Gasteiger partial charge in [-0.15, -0.1) is 0 Å². The van der Waals surface area contributed by atoms with Crippen LogP contribution < -0.4 is 4.74 Å². The Bertz CT molecular complexity index is 632. The Labute approximate surface area is 124 Å². The molecule has 2 aromatic rings. The fraction of sp³-hybridized carbons (Fsp3) is 0.500. The zero-order chi connectivity index (χ0) is 15.4. The predicted molar refractivity (Wildman–Crippen MR) is 81.7 cm³/mol. The normalized spacial score (nSPS) is 11.2. The summed E-state index contributed by atoms with van der Waals surface area (Å²) < 4.78 is 7.36. The second-order valence-corrected chi connectivity index (χ2v) is 5.61. The fourth-order valence-electron chi connectivity index (χ4n) is 2.33. The number of ether oxygens (including phenoxy) is 1. The van der Waals surface area contributed by atoms with Gasteiger partial charge in [-0.2, -0.15) is 0 Å². The molecular formula is C16H22N2O3. The van der Waals surface area contributed by atoms with Crippen molar-refractivity contribution in [3.05, 3.63) is 24.0 Å². The first-order valence-electron chi connectivity index (χ1n) is 7.26. The average Bonchev–Trinajstić information content (AvgIpc) is 2.79. The minimum absolute atomic E-state index is 0.0993. The highest BCUT2D eigenvalue weighted by molar-refractivity contribution is 5.78. The molecule has 0 saturated heterocycles. The lowest BCUT2D eigenvalue weighted by Crippen LogP contribution is -2.08. The molecule has 5 nitrogen and oxygen atoms in total. The number of methoxy groups -OCH3 is 1. The first-order valence-corrected chi connectivity index (χ1v) is 7.26. The molecule has 0 radical (unpaired) electrons. The summed E-state index contributed by atoms with van der Waals surface area (Å²) in [4.78, 5) is 15.4. The standard InChI is InChI=1S/C16H22N2O3/c1-11(2)8-9-18-14-5-4-12(21-3)10-13(14)17-15(18)6-7-16(19)20/h4-5,10-11H,6-9H2,1-3H3,(H,19,20). The van der Waals surface area contributed by atoms with E-state index in [-0.39, 0.29) is 6.42 Å². The monoisotopic (exact) mass is 290 g/mol. The number of hydrogen-bond donors (Lipinski definition) is 1. The van der Waals surface area contributed by atoms with Crippen LogP contribution in [0.1, 0.15) is 32.5 Å². The van der Waals surface area contributed by atoms with E-state index in [0.29, 0.717) is 12.3 Å². The van der Waals surface area contributed by atoms with Gasteiger partial charge in [0.05, 0.1) is 24.6 Å². The van der Waals surface area contributed by atoms with Gasteiger partial charge in [-0.05, 0) is 24.5 Å². The molecule has 2 rings (SSSR count). The lowest BCUT2D eigenvalue weighted by Gasteiger charge is -2.10. The maximum atomic E-state index is 10.8. The molecule has 0 bridgehead atoms. The highest BCUT2D eigenvalue weighted by atomic mass is 16.5. The summed E-state index contributed by atoms with van der Waals surface area (Å²) in [5.74, 6) is 1.39. The van der Waals surface area contributed by atoms with Gasteiger partial charge in [0.2, 0.25) is 0 Å². The quantitative estimate of drug-likeness (QED) is 0.851. The highest BCUT2D eigenvalue weighted by Crippen LogP contribution is 2.23. The molecule has 0 aliphatic carbocycles. The van der Waals surface area contributed by atoms with Gasteiger partial charge in [-0.1, -0.05) is 13.8 Å². The first kappa shape index (κ1) is 15.4. The van der Waals surface area contributed by atoms with E-state index in [1.165, 1.54) is 0 Å². The summed E-state index contributed by atoms with van der Waals surface area (Å²) in [6, 6.07) is 5.80. The number of carbonyl (C=O) groups is 1. The van der Waals surface area contributed by atoms with Crippen molar-refractivity contribution in [2.24, 2.45) is 5.92 Å². The van der Waals surface area contributed by atoms with E-state index in [9.17, 15) is 4.79 Å². The van der Waals surface area contributed by atoms with E-state index in [1.54, 1.807) is 7.11 Å². The number of rotatable bonds is 7. The van der Waals surface area contributed by atoms with Crippen LogP contribution in [0, 0.1) is 5.92 Å². The third kappa shape index (κ3) is 3.74. The molecule has 114 valence electrons. The average molecular weight is 290 g/mol. The smallest absolute Gasteiger partial charge is 0.303 e. The topological polar surface area (TPSA) is 64.3 Å². The number of aromatic nitrogens is 2. The predicted octanol–water partition coefficient (Wildman–Crippen LogP) is 3.11. The molecule has 0 aliphatic rings. The molecule has 0 unspecified atom stereocenters. The Hall–Kier alpha value is -2.04. The van der Waals surface area contributed by atoms with E-state index in [2.05, 4.69) is 23.4 Å². The van der Waals surface area contributed by atoms with E-state index < -0.39 is 5.97 Å². The van der Waals surface area contributed by atoms with Crippen LogP contribution in [0.15, 0.2) is 18.2 Å². The Morgan fingerprint density at radius 2 is 2.19 bits per heavy atom. The van der Waals surface area contributed by atoms with Crippen LogP contribution in [0.3, 0.4) is 0 Å². The second-order valence-electron chi connectivity index (χ2n) is 5.61. The van der Waals surface area contributed by atoms with Gasteiger partial charge in [0.25, 0.3) is 0 Å². The van der Waals surface area contributed by atoms with Crippen LogP contribution in [0.25, 0.3) is 11.0 Å². The number of imidazole rings is 1.